The second kappa shape index (κ2) is 6.64. The van der Waals surface area contributed by atoms with Gasteiger partial charge < -0.3 is 14.5 Å². The number of nitrogens with zero attached hydrogens (tertiary/aromatic N) is 5. The molecule has 23 heavy (non-hydrogen) atoms. The first-order valence-electron chi connectivity index (χ1n) is 7.80. The summed E-state index contributed by atoms with van der Waals surface area (Å²) in [6.07, 6.45) is 7.73. The first kappa shape index (κ1) is 15.3. The maximum absolute atomic E-state index is 5.06. The predicted molar refractivity (Wildman–Crippen MR) is 92.4 cm³/mol. The first-order chi connectivity index (χ1) is 11.2. The number of aliphatic imine (C=N–C) groups is 2. The molecule has 0 N–H and O–H groups in total. The third-order valence-corrected chi connectivity index (χ3v) is 3.82. The Labute approximate surface area is 136 Å². The van der Waals surface area contributed by atoms with Crippen molar-refractivity contribution in [3.05, 3.63) is 41.9 Å². The Kier molecular flexibility index (Phi) is 4.41. The van der Waals surface area contributed by atoms with Crippen LogP contribution in [0.2, 0.25) is 0 Å². The molecule has 0 amide bonds. The van der Waals surface area contributed by atoms with Crippen molar-refractivity contribution in [2.24, 2.45) is 9.98 Å². The summed E-state index contributed by atoms with van der Waals surface area (Å²) < 4.78 is 5.06. The third-order valence-electron chi connectivity index (χ3n) is 3.82. The molecule has 0 unspecified atom stereocenters. The van der Waals surface area contributed by atoms with Gasteiger partial charge in [0, 0.05) is 31.6 Å². The van der Waals surface area contributed by atoms with E-state index in [0.717, 1.165) is 42.7 Å². The highest BCUT2D eigenvalue weighted by atomic mass is 16.5. The fourth-order valence-corrected chi connectivity index (χ4v) is 2.48. The highest BCUT2D eigenvalue weighted by molar-refractivity contribution is 6.16. The molecule has 0 fully saturated rings. The van der Waals surface area contributed by atoms with Crippen LogP contribution < -0.4 is 4.74 Å². The van der Waals surface area contributed by atoms with Gasteiger partial charge in [0.2, 0.25) is 5.88 Å². The van der Waals surface area contributed by atoms with Crippen LogP contribution >= 0.6 is 0 Å². The lowest BCUT2D eigenvalue weighted by Crippen LogP contribution is -2.43. The minimum Gasteiger partial charge on any atom is -0.481 e. The van der Waals surface area contributed by atoms with E-state index in [4.69, 9.17) is 4.74 Å². The molecule has 3 rings (SSSR count). The number of likely N-dealkylation sites (N-methyl/N-ethyl adjacent to an activating group) is 1. The number of rotatable bonds is 5. The van der Waals surface area contributed by atoms with Gasteiger partial charge >= 0.3 is 0 Å². The topological polar surface area (TPSA) is 53.3 Å². The fraction of sp³-hybridized carbons (Fsp3) is 0.353. The van der Waals surface area contributed by atoms with E-state index in [2.05, 4.69) is 44.8 Å². The molecular weight excluding hydrogens is 290 g/mol. The number of amidine groups is 2. The zero-order valence-corrected chi connectivity index (χ0v) is 13.7. The molecule has 2 aliphatic rings. The summed E-state index contributed by atoms with van der Waals surface area (Å²) in [5.74, 6) is 2.29. The monoisotopic (exact) mass is 311 g/mol. The first-order valence-corrected chi connectivity index (χ1v) is 7.80. The maximum Gasteiger partial charge on any atom is 0.212 e. The Morgan fingerprint density at radius 2 is 2.04 bits per heavy atom. The number of hydrogen-bond donors (Lipinski definition) is 0. The molecule has 0 aromatic carbocycles. The van der Waals surface area contributed by atoms with Crippen LogP contribution in [0.1, 0.15) is 19.4 Å². The van der Waals surface area contributed by atoms with Gasteiger partial charge in [0.15, 0.2) is 11.7 Å². The van der Waals surface area contributed by atoms with Crippen LogP contribution in [0, 0.1) is 0 Å². The van der Waals surface area contributed by atoms with Crippen LogP contribution in [0.3, 0.4) is 0 Å². The van der Waals surface area contributed by atoms with Gasteiger partial charge in [0.1, 0.15) is 5.70 Å². The number of ether oxygens (including phenoxy) is 1. The zero-order valence-electron chi connectivity index (χ0n) is 13.7. The largest absolute Gasteiger partial charge is 0.481 e. The van der Waals surface area contributed by atoms with E-state index in [1.54, 1.807) is 13.3 Å². The standard InChI is InChI=1S/C17H21N5O/c1-4-21-11-14-17(22(5-2)12-21)20-15(19-14)8-6-13-7-9-16(23-3)18-10-13/h6-11H,4-5,12H2,1-3H3/b8-6+. The minimum atomic E-state index is 0.606. The highest BCUT2D eigenvalue weighted by Gasteiger charge is 2.26. The lowest BCUT2D eigenvalue weighted by molar-refractivity contribution is 0.251. The van der Waals surface area contributed by atoms with Crippen molar-refractivity contribution < 1.29 is 4.74 Å². The molecule has 0 radical (unpaired) electrons. The second-order valence-corrected chi connectivity index (χ2v) is 5.29. The molecule has 1 aromatic heterocycles. The molecule has 3 heterocycles. The third kappa shape index (κ3) is 3.26. The van der Waals surface area contributed by atoms with Crippen molar-refractivity contribution in [1.82, 2.24) is 14.8 Å². The molecule has 6 heteroatoms. The minimum absolute atomic E-state index is 0.606. The van der Waals surface area contributed by atoms with Crippen molar-refractivity contribution in [2.75, 3.05) is 26.9 Å². The van der Waals surface area contributed by atoms with E-state index in [1.165, 1.54) is 0 Å². The van der Waals surface area contributed by atoms with Crippen LogP contribution in [0.5, 0.6) is 5.88 Å². The van der Waals surface area contributed by atoms with Crippen molar-refractivity contribution in [1.29, 1.82) is 0 Å². The SMILES string of the molecule is CCN1C=C2N=C(/C=C/c3ccc(OC)nc3)N=C2N(CC)C1. The average Bonchev–Trinajstić information content (AvgIpc) is 3.02. The Hall–Kier alpha value is -2.63. The summed E-state index contributed by atoms with van der Waals surface area (Å²) in [7, 11) is 1.61. The van der Waals surface area contributed by atoms with E-state index in [9.17, 15) is 0 Å². The molecule has 0 aliphatic carbocycles. The lowest BCUT2D eigenvalue weighted by Gasteiger charge is -2.33. The van der Waals surface area contributed by atoms with Crippen LogP contribution in [0.25, 0.3) is 6.08 Å². The van der Waals surface area contributed by atoms with Gasteiger partial charge in [-0.2, -0.15) is 0 Å². The van der Waals surface area contributed by atoms with Gasteiger partial charge in [-0.1, -0.05) is 0 Å². The summed E-state index contributed by atoms with van der Waals surface area (Å²) in [6, 6.07) is 3.79. The van der Waals surface area contributed by atoms with Gasteiger partial charge in [-0.25, -0.2) is 15.0 Å². The summed E-state index contributed by atoms with van der Waals surface area (Å²) in [4.78, 5) is 17.9. The molecular formula is C17H21N5O. The van der Waals surface area contributed by atoms with Gasteiger partial charge in [0.05, 0.1) is 13.8 Å². The van der Waals surface area contributed by atoms with Crippen molar-refractivity contribution >= 4 is 17.7 Å². The van der Waals surface area contributed by atoms with Crippen molar-refractivity contribution in [2.45, 2.75) is 13.8 Å². The number of methoxy groups -OCH3 is 1. The van der Waals surface area contributed by atoms with Crippen LogP contribution in [-0.4, -0.2) is 53.3 Å². The zero-order chi connectivity index (χ0) is 16.2. The number of pyridine rings is 1. The van der Waals surface area contributed by atoms with Crippen LogP contribution in [-0.2, 0) is 0 Å². The molecule has 0 atom stereocenters. The lowest BCUT2D eigenvalue weighted by atomic mass is 10.2. The van der Waals surface area contributed by atoms with E-state index in [1.807, 2.05) is 24.3 Å². The molecule has 2 aliphatic heterocycles. The van der Waals surface area contributed by atoms with Crippen molar-refractivity contribution in [3.63, 3.8) is 0 Å². The summed E-state index contributed by atoms with van der Waals surface area (Å²) >= 11 is 0. The van der Waals surface area contributed by atoms with E-state index >= 15 is 0 Å². The smallest absolute Gasteiger partial charge is 0.212 e. The van der Waals surface area contributed by atoms with Gasteiger partial charge in [-0.15, -0.1) is 0 Å². The van der Waals surface area contributed by atoms with Crippen LogP contribution in [0.4, 0.5) is 0 Å². The van der Waals surface area contributed by atoms with E-state index < -0.39 is 0 Å². The van der Waals surface area contributed by atoms with Gasteiger partial charge in [0.25, 0.3) is 0 Å². The Morgan fingerprint density at radius 3 is 2.70 bits per heavy atom. The Balaban J connectivity index is 1.79. The molecule has 0 spiro atoms. The summed E-state index contributed by atoms with van der Waals surface area (Å²) in [5, 5.41) is 0. The molecule has 0 bridgehead atoms. The molecule has 6 nitrogen and oxygen atoms in total. The quantitative estimate of drug-likeness (QED) is 0.838. The van der Waals surface area contributed by atoms with Crippen molar-refractivity contribution in [3.8, 4) is 5.88 Å². The number of fused-ring (bicyclic) bond motifs is 1. The van der Waals surface area contributed by atoms with Gasteiger partial charge in [-0.05, 0) is 37.6 Å². The highest BCUT2D eigenvalue weighted by Crippen LogP contribution is 2.20. The predicted octanol–water partition coefficient (Wildman–Crippen LogP) is 2.37. The molecule has 1 aromatic rings. The molecule has 0 saturated heterocycles. The normalized spacial score (nSPS) is 17.1. The van der Waals surface area contributed by atoms with E-state index in [0.29, 0.717) is 5.88 Å². The number of hydrogen-bond acceptors (Lipinski definition) is 6. The second-order valence-electron chi connectivity index (χ2n) is 5.29. The van der Waals surface area contributed by atoms with E-state index in [-0.39, 0.29) is 0 Å². The van der Waals surface area contributed by atoms with Crippen LogP contribution in [0.15, 0.2) is 46.3 Å². The Morgan fingerprint density at radius 1 is 1.17 bits per heavy atom. The number of aromatic nitrogens is 1. The Bertz CT molecular complexity index is 687. The van der Waals surface area contributed by atoms with Gasteiger partial charge in [-0.3, -0.25) is 0 Å². The fourth-order valence-electron chi connectivity index (χ4n) is 2.48. The molecule has 0 saturated carbocycles. The average molecular weight is 311 g/mol. The summed E-state index contributed by atoms with van der Waals surface area (Å²) in [5.41, 5.74) is 1.92. The summed E-state index contributed by atoms with van der Waals surface area (Å²) in [6.45, 7) is 7.02. The maximum atomic E-state index is 5.06. The molecule has 120 valence electrons.